The fraction of sp³-hybridized carbons (Fsp3) is 0.615. The first-order chi connectivity index (χ1) is 9.79. The molecule has 1 aromatic rings. The van der Waals surface area contributed by atoms with Crippen LogP contribution in [0.4, 0.5) is 0 Å². The highest BCUT2D eigenvalue weighted by atomic mass is 32.2. The number of primary sulfonamides is 1. The summed E-state index contributed by atoms with van der Waals surface area (Å²) >= 11 is 0. The molecule has 0 aromatic carbocycles. The highest BCUT2D eigenvalue weighted by Crippen LogP contribution is 2.14. The van der Waals surface area contributed by atoms with E-state index in [-0.39, 0.29) is 16.7 Å². The number of carbonyl (C=O) groups excluding carboxylic acids is 1. The molecule has 0 spiro atoms. The predicted octanol–water partition coefficient (Wildman–Crippen LogP) is 0.558. The summed E-state index contributed by atoms with van der Waals surface area (Å²) in [5, 5.41) is 7.88. The van der Waals surface area contributed by atoms with E-state index in [9.17, 15) is 13.2 Å². The second-order valence-electron chi connectivity index (χ2n) is 5.07. The molecular weight excluding hydrogens is 294 g/mol. The number of nitrogens with zero attached hydrogens (tertiary/aromatic N) is 1. The molecule has 1 unspecified atom stereocenters. The van der Waals surface area contributed by atoms with E-state index in [0.29, 0.717) is 25.4 Å². The standard InChI is InChI=1S/C13H23N3O4S/c1-4-5-16-8-11(21(14,18)19)6-12(16)13(17)15-7-10(2)9-20-3/h6,8,10H,4-5,7,9H2,1-3H3,(H,15,17)(H2,14,18,19). The maximum Gasteiger partial charge on any atom is 0.267 e. The maximum atomic E-state index is 12.2. The average Bonchev–Trinajstić information content (AvgIpc) is 2.81. The largest absolute Gasteiger partial charge is 0.384 e. The lowest BCUT2D eigenvalue weighted by molar-refractivity contribution is 0.0924. The Labute approximate surface area is 125 Å². The molecule has 1 rings (SSSR count). The number of methoxy groups -OCH3 is 1. The van der Waals surface area contributed by atoms with Gasteiger partial charge in [0.05, 0.1) is 6.61 Å². The number of amides is 1. The van der Waals surface area contributed by atoms with Gasteiger partial charge in [0.15, 0.2) is 0 Å². The van der Waals surface area contributed by atoms with Crippen molar-refractivity contribution in [2.24, 2.45) is 11.1 Å². The Balaban J connectivity index is 2.89. The van der Waals surface area contributed by atoms with Crippen molar-refractivity contribution < 1.29 is 17.9 Å². The SMILES string of the molecule is CCCn1cc(S(N)(=O)=O)cc1C(=O)NCC(C)COC. The molecule has 8 heteroatoms. The minimum atomic E-state index is -3.82. The Morgan fingerprint density at radius 2 is 2.19 bits per heavy atom. The van der Waals surface area contributed by atoms with E-state index in [1.165, 1.54) is 12.3 Å². The summed E-state index contributed by atoms with van der Waals surface area (Å²) in [6.45, 7) is 5.43. The molecule has 3 N–H and O–H groups in total. The number of aryl methyl sites for hydroxylation is 1. The number of hydrogen-bond donors (Lipinski definition) is 2. The molecule has 7 nitrogen and oxygen atoms in total. The van der Waals surface area contributed by atoms with Crippen LogP contribution in [0.2, 0.25) is 0 Å². The van der Waals surface area contributed by atoms with Crippen LogP contribution in [0.5, 0.6) is 0 Å². The number of hydrogen-bond acceptors (Lipinski definition) is 4. The number of rotatable bonds is 8. The van der Waals surface area contributed by atoms with Crippen LogP contribution in [0.15, 0.2) is 17.2 Å². The lowest BCUT2D eigenvalue weighted by atomic mass is 10.2. The molecule has 1 atom stereocenters. The molecule has 21 heavy (non-hydrogen) atoms. The van der Waals surface area contributed by atoms with Crippen LogP contribution in [-0.4, -0.2) is 39.2 Å². The quantitative estimate of drug-likeness (QED) is 0.731. The topological polar surface area (TPSA) is 103 Å². The Kier molecular flexibility index (Phi) is 6.38. The van der Waals surface area contributed by atoms with Gasteiger partial charge in [0.1, 0.15) is 10.6 Å². The summed E-state index contributed by atoms with van der Waals surface area (Å²) in [4.78, 5) is 12.1. The van der Waals surface area contributed by atoms with Gasteiger partial charge < -0.3 is 14.6 Å². The maximum absolute atomic E-state index is 12.2. The van der Waals surface area contributed by atoms with Crippen molar-refractivity contribution in [1.82, 2.24) is 9.88 Å². The molecule has 0 saturated carbocycles. The van der Waals surface area contributed by atoms with Crippen LogP contribution in [0.25, 0.3) is 0 Å². The van der Waals surface area contributed by atoms with Gasteiger partial charge in [-0.3, -0.25) is 4.79 Å². The summed E-state index contributed by atoms with van der Waals surface area (Å²) < 4.78 is 29.4. The fourth-order valence-electron chi connectivity index (χ4n) is 1.96. The number of nitrogens with two attached hydrogens (primary N) is 1. The van der Waals surface area contributed by atoms with Gasteiger partial charge in [-0.1, -0.05) is 13.8 Å². The number of ether oxygens (including phenoxy) is 1. The molecule has 0 bridgehead atoms. The van der Waals surface area contributed by atoms with Crippen molar-refractivity contribution in [1.29, 1.82) is 0 Å². The summed E-state index contributed by atoms with van der Waals surface area (Å²) in [7, 11) is -2.22. The van der Waals surface area contributed by atoms with Crippen molar-refractivity contribution >= 4 is 15.9 Å². The highest BCUT2D eigenvalue weighted by Gasteiger charge is 2.19. The number of carbonyl (C=O) groups is 1. The number of aromatic nitrogens is 1. The third kappa shape index (κ3) is 5.14. The minimum Gasteiger partial charge on any atom is -0.384 e. The van der Waals surface area contributed by atoms with E-state index in [2.05, 4.69) is 5.32 Å². The summed E-state index contributed by atoms with van der Waals surface area (Å²) in [5.41, 5.74) is 0.297. The van der Waals surface area contributed by atoms with Crippen molar-refractivity contribution in [3.63, 3.8) is 0 Å². The molecule has 0 fully saturated rings. The van der Waals surface area contributed by atoms with Gasteiger partial charge in [0, 0.05) is 26.4 Å². The summed E-state index contributed by atoms with van der Waals surface area (Å²) in [6, 6.07) is 1.31. The third-order valence-corrected chi connectivity index (χ3v) is 3.84. The number of nitrogens with one attached hydrogen (secondary N) is 1. The third-order valence-electron chi connectivity index (χ3n) is 2.96. The summed E-state index contributed by atoms with van der Waals surface area (Å²) in [6.07, 6.45) is 2.17. The molecule has 120 valence electrons. The van der Waals surface area contributed by atoms with Crippen LogP contribution >= 0.6 is 0 Å². The van der Waals surface area contributed by atoms with Crippen molar-refractivity contribution in [2.75, 3.05) is 20.3 Å². The van der Waals surface area contributed by atoms with Crippen LogP contribution < -0.4 is 10.5 Å². The molecule has 0 aliphatic heterocycles. The van der Waals surface area contributed by atoms with Crippen molar-refractivity contribution in [3.8, 4) is 0 Å². The lowest BCUT2D eigenvalue weighted by Gasteiger charge is -2.12. The van der Waals surface area contributed by atoms with Crippen LogP contribution in [-0.2, 0) is 21.3 Å². The van der Waals surface area contributed by atoms with E-state index in [1.807, 2.05) is 13.8 Å². The Morgan fingerprint density at radius 3 is 2.71 bits per heavy atom. The normalized spacial score (nSPS) is 13.1. The molecule has 0 aliphatic carbocycles. The van der Waals surface area contributed by atoms with Gasteiger partial charge in [-0.15, -0.1) is 0 Å². The van der Waals surface area contributed by atoms with Gasteiger partial charge in [-0.05, 0) is 18.4 Å². The van der Waals surface area contributed by atoms with Crippen molar-refractivity contribution in [2.45, 2.75) is 31.7 Å². The number of sulfonamides is 1. The fourth-order valence-corrected chi connectivity index (χ4v) is 2.51. The second-order valence-corrected chi connectivity index (χ2v) is 6.63. The first-order valence-electron chi connectivity index (χ1n) is 6.79. The van der Waals surface area contributed by atoms with E-state index in [1.54, 1.807) is 11.7 Å². The molecule has 0 aliphatic rings. The zero-order valence-corrected chi connectivity index (χ0v) is 13.4. The Bertz CT molecular complexity index is 580. The zero-order valence-electron chi connectivity index (χ0n) is 12.6. The van der Waals surface area contributed by atoms with E-state index in [4.69, 9.17) is 9.88 Å². The van der Waals surface area contributed by atoms with Gasteiger partial charge in [-0.2, -0.15) is 0 Å². The molecule has 1 amide bonds. The molecule has 0 radical (unpaired) electrons. The van der Waals surface area contributed by atoms with Gasteiger partial charge in [-0.25, -0.2) is 13.6 Å². The first-order valence-corrected chi connectivity index (χ1v) is 8.34. The molecule has 1 heterocycles. The second kappa shape index (κ2) is 7.58. The smallest absolute Gasteiger partial charge is 0.267 e. The molecular formula is C13H23N3O4S. The van der Waals surface area contributed by atoms with Crippen LogP contribution in [0.3, 0.4) is 0 Å². The predicted molar refractivity (Wildman–Crippen MR) is 79.5 cm³/mol. The van der Waals surface area contributed by atoms with E-state index in [0.717, 1.165) is 6.42 Å². The Hall–Kier alpha value is -1.38. The van der Waals surface area contributed by atoms with Gasteiger partial charge >= 0.3 is 0 Å². The Morgan fingerprint density at radius 1 is 1.52 bits per heavy atom. The zero-order chi connectivity index (χ0) is 16.0. The van der Waals surface area contributed by atoms with Crippen LogP contribution in [0.1, 0.15) is 30.8 Å². The van der Waals surface area contributed by atoms with Crippen LogP contribution in [0, 0.1) is 5.92 Å². The van der Waals surface area contributed by atoms with E-state index < -0.39 is 10.0 Å². The average molecular weight is 317 g/mol. The lowest BCUT2D eigenvalue weighted by Crippen LogP contribution is -2.31. The first kappa shape index (κ1) is 17.7. The summed E-state index contributed by atoms with van der Waals surface area (Å²) in [5.74, 6) is -0.146. The molecule has 1 aromatic heterocycles. The minimum absolute atomic E-state index is 0.0500. The van der Waals surface area contributed by atoms with E-state index >= 15 is 0 Å². The van der Waals surface area contributed by atoms with Crippen molar-refractivity contribution in [3.05, 3.63) is 18.0 Å². The monoisotopic (exact) mass is 317 g/mol. The van der Waals surface area contributed by atoms with Gasteiger partial charge in [0.25, 0.3) is 5.91 Å². The highest BCUT2D eigenvalue weighted by molar-refractivity contribution is 7.89. The molecule has 0 saturated heterocycles. The van der Waals surface area contributed by atoms with Gasteiger partial charge in [0.2, 0.25) is 10.0 Å².